The summed E-state index contributed by atoms with van der Waals surface area (Å²) in [6, 6.07) is 3.17. The molecule has 0 bridgehead atoms. The van der Waals surface area contributed by atoms with E-state index in [9.17, 15) is 19.1 Å². The molecule has 1 saturated heterocycles. The van der Waals surface area contributed by atoms with E-state index in [1.54, 1.807) is 10.6 Å². The summed E-state index contributed by atoms with van der Waals surface area (Å²) in [4.78, 5) is 30.0. The number of halogens is 1. The fraction of sp³-hybridized carbons (Fsp3) is 0.423. The Morgan fingerprint density at radius 2 is 1.97 bits per heavy atom. The molecule has 5 heterocycles. The van der Waals surface area contributed by atoms with Gasteiger partial charge in [-0.15, -0.1) is 0 Å². The molecule has 1 spiro atoms. The standard InChI is InChI=1S/C24H20FN3O4.C2H6/c1-10-11-2-3-24(8-26-9-24)19-13-6-28-17(20(13)27-16(18(11)19)5-15(10)25)4-12-14(22(28)30)7-32-23(31)21(12)29;1-2/h4-5,21,26,29H,2-3,6-9H2,1H3;1-2H3/t21-;/m0./s1. The maximum atomic E-state index is 14.8. The minimum Gasteiger partial charge on any atom is -0.458 e. The number of aromatic nitrogens is 2. The Hall–Kier alpha value is -3.10. The Kier molecular flexibility index (Phi) is 4.54. The first-order valence-corrected chi connectivity index (χ1v) is 11.9. The monoisotopic (exact) mass is 463 g/mol. The topological polar surface area (TPSA) is 93.5 Å². The van der Waals surface area contributed by atoms with E-state index in [4.69, 9.17) is 9.72 Å². The van der Waals surface area contributed by atoms with Crippen LogP contribution in [0.2, 0.25) is 0 Å². The van der Waals surface area contributed by atoms with Gasteiger partial charge in [-0.05, 0) is 42.5 Å². The summed E-state index contributed by atoms with van der Waals surface area (Å²) in [5.74, 6) is -1.03. The number of fused-ring (bicyclic) bond motifs is 6. The molecule has 4 aliphatic rings. The van der Waals surface area contributed by atoms with Gasteiger partial charge in [-0.2, -0.15) is 0 Å². The molecule has 0 unspecified atom stereocenters. The van der Waals surface area contributed by atoms with Crippen molar-refractivity contribution in [3.63, 3.8) is 0 Å². The number of aliphatic hydroxyl groups excluding tert-OH is 1. The molecule has 7 rings (SSSR count). The van der Waals surface area contributed by atoms with Crippen molar-refractivity contribution in [2.75, 3.05) is 13.1 Å². The number of hydrogen-bond donors (Lipinski definition) is 2. The molecule has 0 radical (unpaired) electrons. The van der Waals surface area contributed by atoms with E-state index in [1.807, 2.05) is 20.8 Å². The minimum absolute atomic E-state index is 0.0492. The van der Waals surface area contributed by atoms with Crippen molar-refractivity contribution >= 4 is 16.9 Å². The minimum atomic E-state index is -1.49. The fourth-order valence-electron chi connectivity index (χ4n) is 6.10. The predicted octanol–water partition coefficient (Wildman–Crippen LogP) is 2.78. The average molecular weight is 464 g/mol. The zero-order valence-electron chi connectivity index (χ0n) is 19.4. The summed E-state index contributed by atoms with van der Waals surface area (Å²) >= 11 is 0. The van der Waals surface area contributed by atoms with Crippen LogP contribution in [0.1, 0.15) is 59.8 Å². The van der Waals surface area contributed by atoms with Gasteiger partial charge in [0.25, 0.3) is 5.56 Å². The van der Waals surface area contributed by atoms with Crippen molar-refractivity contribution in [2.45, 2.75) is 58.3 Å². The van der Waals surface area contributed by atoms with E-state index in [0.29, 0.717) is 34.6 Å². The smallest absolute Gasteiger partial charge is 0.340 e. The molecule has 0 saturated carbocycles. The van der Waals surface area contributed by atoms with Gasteiger partial charge in [0.2, 0.25) is 0 Å². The number of carbonyl (C=O) groups is 1. The van der Waals surface area contributed by atoms with E-state index in [2.05, 4.69) is 5.32 Å². The maximum Gasteiger partial charge on any atom is 0.340 e. The molecule has 1 aromatic carbocycles. The van der Waals surface area contributed by atoms with Crippen LogP contribution < -0.4 is 10.9 Å². The van der Waals surface area contributed by atoms with E-state index in [-0.39, 0.29) is 29.0 Å². The largest absolute Gasteiger partial charge is 0.458 e. The third-order valence-electron chi connectivity index (χ3n) is 7.88. The SMILES string of the molecule is CC.Cc1c(F)cc2nc3c(c4c2c1CCC41CNC1)Cn1c-3cc2c(c1=O)COC(=O)[C@H]2O. The lowest BCUT2D eigenvalue weighted by Crippen LogP contribution is -2.58. The number of benzene rings is 1. The zero-order valence-corrected chi connectivity index (χ0v) is 19.4. The van der Waals surface area contributed by atoms with Gasteiger partial charge in [-0.3, -0.25) is 4.79 Å². The van der Waals surface area contributed by atoms with Crippen molar-refractivity contribution in [1.29, 1.82) is 0 Å². The number of rotatable bonds is 0. The van der Waals surface area contributed by atoms with Gasteiger partial charge in [-0.25, -0.2) is 14.2 Å². The van der Waals surface area contributed by atoms with Crippen LogP contribution >= 0.6 is 0 Å². The first-order valence-electron chi connectivity index (χ1n) is 11.9. The molecule has 1 fully saturated rings. The second kappa shape index (κ2) is 7.20. The Labute approximate surface area is 195 Å². The lowest BCUT2D eigenvalue weighted by atomic mass is 9.64. The summed E-state index contributed by atoms with van der Waals surface area (Å²) in [5, 5.41) is 14.8. The van der Waals surface area contributed by atoms with Crippen LogP contribution in [0.4, 0.5) is 4.39 Å². The summed E-state index contributed by atoms with van der Waals surface area (Å²) < 4.78 is 21.4. The van der Waals surface area contributed by atoms with Gasteiger partial charge >= 0.3 is 5.97 Å². The van der Waals surface area contributed by atoms with Crippen LogP contribution in [0.3, 0.4) is 0 Å². The van der Waals surface area contributed by atoms with Gasteiger partial charge in [0.15, 0.2) is 6.10 Å². The van der Waals surface area contributed by atoms with Gasteiger partial charge in [0.1, 0.15) is 12.4 Å². The number of nitrogens with one attached hydrogen (secondary N) is 1. The highest BCUT2D eigenvalue weighted by atomic mass is 19.1. The number of ether oxygens (including phenoxy) is 1. The number of esters is 1. The molecule has 0 amide bonds. The molecule has 1 atom stereocenters. The number of cyclic esters (lactones) is 1. The maximum absolute atomic E-state index is 14.8. The second-order valence-corrected chi connectivity index (χ2v) is 9.42. The highest BCUT2D eigenvalue weighted by Gasteiger charge is 2.46. The summed E-state index contributed by atoms with van der Waals surface area (Å²) in [6.45, 7) is 7.74. The molecule has 8 heteroatoms. The van der Waals surface area contributed by atoms with Gasteiger partial charge in [0, 0.05) is 41.1 Å². The number of carbonyl (C=O) groups excluding carboxylic acids is 1. The Balaban J connectivity index is 0.00000106. The Morgan fingerprint density at radius 1 is 1.21 bits per heavy atom. The van der Waals surface area contributed by atoms with Crippen LogP contribution in [0.15, 0.2) is 16.9 Å². The van der Waals surface area contributed by atoms with Crippen molar-refractivity contribution in [3.05, 3.63) is 61.7 Å². The van der Waals surface area contributed by atoms with Crippen LogP contribution in [0.5, 0.6) is 0 Å². The zero-order chi connectivity index (χ0) is 23.9. The first-order chi connectivity index (χ1) is 16.4. The molecular formula is C26H26FN3O4. The third kappa shape index (κ3) is 2.55. The van der Waals surface area contributed by atoms with Gasteiger partial charge < -0.3 is 19.7 Å². The fourth-order valence-corrected chi connectivity index (χ4v) is 6.10. The number of hydrogen-bond acceptors (Lipinski definition) is 6. The summed E-state index contributed by atoms with van der Waals surface area (Å²) in [5.41, 5.74) is 5.90. The van der Waals surface area contributed by atoms with Crippen molar-refractivity contribution in [2.24, 2.45) is 0 Å². The highest BCUT2D eigenvalue weighted by molar-refractivity contribution is 5.94. The third-order valence-corrected chi connectivity index (χ3v) is 7.88. The molecule has 1 aliphatic carbocycles. The summed E-state index contributed by atoms with van der Waals surface area (Å²) in [6.07, 6.45) is 0.238. The lowest BCUT2D eigenvalue weighted by molar-refractivity contribution is -0.157. The Morgan fingerprint density at radius 3 is 2.68 bits per heavy atom. The van der Waals surface area contributed by atoms with E-state index in [1.165, 1.54) is 11.6 Å². The first kappa shape index (κ1) is 21.4. The highest BCUT2D eigenvalue weighted by Crippen LogP contribution is 2.49. The molecular weight excluding hydrogens is 437 g/mol. The number of pyridine rings is 2. The molecule has 2 aromatic heterocycles. The average Bonchev–Trinajstić information content (AvgIpc) is 3.19. The molecule has 7 nitrogen and oxygen atoms in total. The van der Waals surface area contributed by atoms with Gasteiger partial charge in [-0.1, -0.05) is 13.8 Å². The number of aryl methyl sites for hydroxylation is 1. The second-order valence-electron chi connectivity index (χ2n) is 9.42. The van der Waals surface area contributed by atoms with Crippen molar-refractivity contribution < 1.29 is 19.0 Å². The van der Waals surface area contributed by atoms with Crippen molar-refractivity contribution in [3.8, 4) is 11.4 Å². The molecule has 34 heavy (non-hydrogen) atoms. The Bertz CT molecular complexity index is 1470. The van der Waals surface area contributed by atoms with E-state index < -0.39 is 12.1 Å². The van der Waals surface area contributed by atoms with E-state index in [0.717, 1.165) is 42.4 Å². The summed E-state index contributed by atoms with van der Waals surface area (Å²) in [7, 11) is 0. The number of nitrogens with zero attached hydrogens (tertiary/aromatic N) is 2. The molecule has 176 valence electrons. The molecule has 3 aliphatic heterocycles. The lowest BCUT2D eigenvalue weighted by Gasteiger charge is -2.47. The predicted molar refractivity (Wildman–Crippen MR) is 124 cm³/mol. The van der Waals surface area contributed by atoms with Crippen LogP contribution in [-0.2, 0) is 34.5 Å². The van der Waals surface area contributed by atoms with Crippen LogP contribution in [0, 0.1) is 12.7 Å². The molecule has 2 N–H and O–H groups in total. The van der Waals surface area contributed by atoms with Gasteiger partial charge in [0.05, 0.1) is 29.0 Å². The number of aliphatic hydroxyl groups is 1. The van der Waals surface area contributed by atoms with Crippen LogP contribution in [0.25, 0.3) is 22.3 Å². The molecule has 3 aromatic rings. The normalized spacial score (nSPS) is 20.6. The quantitative estimate of drug-likeness (QED) is 0.390. The van der Waals surface area contributed by atoms with Crippen LogP contribution in [-0.4, -0.2) is 33.7 Å². The van der Waals surface area contributed by atoms with E-state index >= 15 is 0 Å². The van der Waals surface area contributed by atoms with Crippen molar-refractivity contribution in [1.82, 2.24) is 14.9 Å².